The van der Waals surface area contributed by atoms with Crippen LogP contribution in [0, 0.1) is 0 Å². The minimum absolute atomic E-state index is 0.289. The van der Waals surface area contributed by atoms with Crippen LogP contribution < -0.4 is 0 Å². The molecule has 0 aliphatic carbocycles. The van der Waals surface area contributed by atoms with Crippen LogP contribution in [0.4, 0.5) is 0 Å². The fraction of sp³-hybridized carbons (Fsp3) is 0.600. The van der Waals surface area contributed by atoms with Gasteiger partial charge in [0.05, 0.1) is 13.0 Å². The quantitative estimate of drug-likeness (QED) is 0.472. The summed E-state index contributed by atoms with van der Waals surface area (Å²) >= 11 is 0. The smallest absolute Gasteiger partial charge is 0.236 e. The first-order valence-electron chi connectivity index (χ1n) is 5.19. The SMILES string of the molecule is O=C1C=CN([C@H]2O[C@@H](CO)[C@@H](O)[C@@H]2O)C(=O)C1. The third kappa shape index (κ3) is 2.09. The first-order valence-corrected chi connectivity index (χ1v) is 5.19. The number of allylic oxidation sites excluding steroid dienone is 1. The Hall–Kier alpha value is -1.28. The molecule has 0 radical (unpaired) electrons. The van der Waals surface area contributed by atoms with Gasteiger partial charge < -0.3 is 20.1 Å². The summed E-state index contributed by atoms with van der Waals surface area (Å²) in [5.41, 5.74) is 0. The molecule has 0 unspecified atom stereocenters. The topological polar surface area (TPSA) is 107 Å². The van der Waals surface area contributed by atoms with Gasteiger partial charge in [0.2, 0.25) is 5.91 Å². The van der Waals surface area contributed by atoms with Crippen LogP contribution in [0.25, 0.3) is 0 Å². The minimum Gasteiger partial charge on any atom is -0.394 e. The summed E-state index contributed by atoms with van der Waals surface area (Å²) in [5.74, 6) is -0.828. The van der Waals surface area contributed by atoms with E-state index in [1.807, 2.05) is 0 Å². The molecule has 94 valence electrons. The Bertz CT molecular complexity index is 368. The highest BCUT2D eigenvalue weighted by Crippen LogP contribution is 2.25. The van der Waals surface area contributed by atoms with Crippen LogP contribution in [0.1, 0.15) is 6.42 Å². The zero-order chi connectivity index (χ0) is 12.6. The van der Waals surface area contributed by atoms with E-state index >= 15 is 0 Å². The molecule has 2 rings (SSSR count). The van der Waals surface area contributed by atoms with Crippen molar-refractivity contribution in [2.45, 2.75) is 31.0 Å². The summed E-state index contributed by atoms with van der Waals surface area (Å²) in [7, 11) is 0. The van der Waals surface area contributed by atoms with Crippen molar-refractivity contribution in [3.05, 3.63) is 12.3 Å². The van der Waals surface area contributed by atoms with Gasteiger partial charge in [-0.25, -0.2) is 0 Å². The molecular weight excluding hydrogens is 230 g/mol. The maximum atomic E-state index is 11.6. The van der Waals surface area contributed by atoms with Crippen molar-refractivity contribution in [2.75, 3.05) is 6.61 Å². The summed E-state index contributed by atoms with van der Waals surface area (Å²) in [6.45, 7) is -0.459. The Labute approximate surface area is 96.9 Å². The van der Waals surface area contributed by atoms with E-state index in [9.17, 15) is 19.8 Å². The first kappa shape index (κ1) is 12.2. The van der Waals surface area contributed by atoms with Gasteiger partial charge in [-0.15, -0.1) is 0 Å². The average Bonchev–Trinajstić information content (AvgIpc) is 2.57. The number of aliphatic hydroxyl groups excluding tert-OH is 3. The lowest BCUT2D eigenvalue weighted by molar-refractivity contribution is -0.148. The molecule has 1 saturated heterocycles. The molecule has 2 aliphatic rings. The van der Waals surface area contributed by atoms with Crippen LogP contribution in [0.2, 0.25) is 0 Å². The predicted molar refractivity (Wildman–Crippen MR) is 53.4 cm³/mol. The summed E-state index contributed by atoms with van der Waals surface area (Å²) in [5, 5.41) is 28.1. The molecule has 0 aromatic rings. The summed E-state index contributed by atoms with van der Waals surface area (Å²) in [6, 6.07) is 0. The van der Waals surface area contributed by atoms with Crippen molar-refractivity contribution in [3.8, 4) is 0 Å². The minimum atomic E-state index is -1.31. The molecule has 17 heavy (non-hydrogen) atoms. The van der Waals surface area contributed by atoms with Gasteiger partial charge in [0.1, 0.15) is 18.3 Å². The van der Waals surface area contributed by atoms with Crippen LogP contribution in [0.3, 0.4) is 0 Å². The zero-order valence-electron chi connectivity index (χ0n) is 8.89. The second-order valence-electron chi connectivity index (χ2n) is 3.99. The number of carbonyl (C=O) groups excluding carboxylic acids is 2. The van der Waals surface area contributed by atoms with Gasteiger partial charge in [-0.05, 0) is 6.08 Å². The van der Waals surface area contributed by atoms with E-state index in [4.69, 9.17) is 9.84 Å². The highest BCUT2D eigenvalue weighted by molar-refractivity contribution is 6.06. The van der Waals surface area contributed by atoms with E-state index in [2.05, 4.69) is 0 Å². The number of ketones is 1. The van der Waals surface area contributed by atoms with Crippen molar-refractivity contribution in [1.29, 1.82) is 0 Å². The summed E-state index contributed by atoms with van der Waals surface area (Å²) in [6.07, 6.45) is -2.45. The lowest BCUT2D eigenvalue weighted by atomic mass is 10.1. The maximum absolute atomic E-state index is 11.6. The largest absolute Gasteiger partial charge is 0.394 e. The average molecular weight is 243 g/mol. The van der Waals surface area contributed by atoms with Crippen LogP contribution in [0.15, 0.2) is 12.3 Å². The number of hydrogen-bond acceptors (Lipinski definition) is 6. The second kappa shape index (κ2) is 4.53. The fourth-order valence-electron chi connectivity index (χ4n) is 1.88. The Balaban J connectivity index is 2.16. The number of hydrogen-bond donors (Lipinski definition) is 3. The van der Waals surface area contributed by atoms with E-state index in [1.54, 1.807) is 0 Å². The fourth-order valence-corrected chi connectivity index (χ4v) is 1.88. The predicted octanol–water partition coefficient (Wildman–Crippen LogP) is -2.26. The molecule has 7 nitrogen and oxygen atoms in total. The number of nitrogens with zero attached hydrogens (tertiary/aromatic N) is 1. The standard InChI is InChI=1S/C10H13NO6/c12-4-6-8(15)9(16)10(17-6)11-2-1-5(13)3-7(11)14/h1-2,6,8-10,12,15-16H,3-4H2/t6-,8+,9-,10-/m0/s1. The normalized spacial score (nSPS) is 37.9. The number of amides is 1. The number of carbonyl (C=O) groups is 2. The molecule has 1 amide bonds. The highest BCUT2D eigenvalue weighted by atomic mass is 16.6. The van der Waals surface area contributed by atoms with Crippen LogP contribution in [-0.2, 0) is 14.3 Å². The second-order valence-corrected chi connectivity index (χ2v) is 3.99. The maximum Gasteiger partial charge on any atom is 0.236 e. The molecular formula is C10H13NO6. The lowest BCUT2D eigenvalue weighted by Gasteiger charge is -2.28. The summed E-state index contributed by atoms with van der Waals surface area (Å²) in [4.78, 5) is 23.6. The van der Waals surface area contributed by atoms with Gasteiger partial charge in [0, 0.05) is 6.20 Å². The van der Waals surface area contributed by atoms with Gasteiger partial charge in [-0.1, -0.05) is 0 Å². The van der Waals surface area contributed by atoms with Crippen molar-refractivity contribution in [1.82, 2.24) is 4.90 Å². The van der Waals surface area contributed by atoms with Crippen LogP contribution in [-0.4, -0.2) is 63.1 Å². The van der Waals surface area contributed by atoms with E-state index in [1.165, 1.54) is 12.3 Å². The molecule has 0 bridgehead atoms. The molecule has 2 heterocycles. The van der Waals surface area contributed by atoms with E-state index in [-0.39, 0.29) is 12.2 Å². The summed E-state index contributed by atoms with van der Waals surface area (Å²) < 4.78 is 5.17. The van der Waals surface area contributed by atoms with Gasteiger partial charge in [-0.2, -0.15) is 0 Å². The number of ether oxygens (including phenoxy) is 1. The monoisotopic (exact) mass is 243 g/mol. The first-order chi connectivity index (χ1) is 8.04. The van der Waals surface area contributed by atoms with E-state index in [0.717, 1.165) is 4.90 Å². The molecule has 3 N–H and O–H groups in total. The van der Waals surface area contributed by atoms with Crippen molar-refractivity contribution in [2.24, 2.45) is 0 Å². The van der Waals surface area contributed by atoms with Crippen molar-refractivity contribution >= 4 is 11.7 Å². The lowest BCUT2D eigenvalue weighted by Crippen LogP contribution is -2.46. The zero-order valence-corrected chi connectivity index (χ0v) is 8.89. The third-order valence-electron chi connectivity index (χ3n) is 2.83. The Morgan fingerprint density at radius 3 is 2.59 bits per heavy atom. The van der Waals surface area contributed by atoms with Crippen molar-refractivity contribution < 1.29 is 29.6 Å². The Kier molecular flexibility index (Phi) is 3.25. The Morgan fingerprint density at radius 1 is 1.35 bits per heavy atom. The van der Waals surface area contributed by atoms with Gasteiger partial charge in [-0.3, -0.25) is 14.5 Å². The molecule has 7 heteroatoms. The van der Waals surface area contributed by atoms with E-state index < -0.39 is 37.1 Å². The molecule has 2 aliphatic heterocycles. The molecule has 0 aromatic carbocycles. The molecule has 0 spiro atoms. The molecule has 4 atom stereocenters. The van der Waals surface area contributed by atoms with Crippen LogP contribution >= 0.6 is 0 Å². The van der Waals surface area contributed by atoms with E-state index in [0.29, 0.717) is 0 Å². The number of rotatable bonds is 2. The Morgan fingerprint density at radius 2 is 2.06 bits per heavy atom. The molecule has 0 aromatic heterocycles. The highest BCUT2D eigenvalue weighted by Gasteiger charge is 2.46. The van der Waals surface area contributed by atoms with Crippen molar-refractivity contribution in [3.63, 3.8) is 0 Å². The van der Waals surface area contributed by atoms with Gasteiger partial charge in [0.15, 0.2) is 12.0 Å². The van der Waals surface area contributed by atoms with Gasteiger partial charge in [0.25, 0.3) is 0 Å². The van der Waals surface area contributed by atoms with Gasteiger partial charge >= 0.3 is 0 Å². The molecule has 1 fully saturated rings. The third-order valence-corrected chi connectivity index (χ3v) is 2.83. The molecule has 0 saturated carbocycles. The van der Waals surface area contributed by atoms with Crippen LogP contribution in [0.5, 0.6) is 0 Å². The number of aliphatic hydroxyl groups is 3.